The first-order valence-corrected chi connectivity index (χ1v) is 5.10. The zero-order valence-corrected chi connectivity index (χ0v) is 9.78. The van der Waals surface area contributed by atoms with Crippen molar-refractivity contribution in [1.82, 2.24) is 29.7 Å². The first-order chi connectivity index (χ1) is 9.38. The van der Waals surface area contributed by atoms with E-state index in [1.807, 2.05) is 0 Å². The first-order valence-electron chi connectivity index (χ1n) is 5.10. The number of nitrogens with two attached hydrogens (primary N) is 2. The fourth-order valence-corrected chi connectivity index (χ4v) is 1.51. The molecule has 0 aliphatic heterocycles. The third-order valence-electron chi connectivity index (χ3n) is 2.22. The minimum absolute atomic E-state index is 0.0445. The molecule has 2 aromatic heterocycles. The molecule has 0 unspecified atom stereocenters. The van der Waals surface area contributed by atoms with Crippen LogP contribution < -0.4 is 11.5 Å². The van der Waals surface area contributed by atoms with E-state index in [0.29, 0.717) is 9.58 Å². The molecule has 106 valence electrons. The molecule has 2 aromatic rings. The standard InChI is InChI=1S/C6H8N10O4/c7-5-9-3(13(11-5)15(17)18)1-2-4-10-6(8)12-14(4)16(19)20/h1-2H2,(H2,7,11)(H2,8,12). The predicted octanol–water partition coefficient (Wildman–Crippen LogP) is -2.10. The molecule has 0 radical (unpaired) electrons. The SMILES string of the molecule is Nc1nc(CCc2nc(N)nn2[N+](=O)[O-])n([N+](=O)[O-])n1. The lowest BCUT2D eigenvalue weighted by Gasteiger charge is -1.98. The molecule has 20 heavy (non-hydrogen) atoms. The molecule has 0 aromatic carbocycles. The second kappa shape index (κ2) is 4.75. The summed E-state index contributed by atoms with van der Waals surface area (Å²) in [6.07, 6.45) is -0.0890. The summed E-state index contributed by atoms with van der Waals surface area (Å²) in [5.41, 5.74) is 10.5. The zero-order chi connectivity index (χ0) is 14.9. The van der Waals surface area contributed by atoms with Gasteiger partial charge < -0.3 is 31.7 Å². The molecule has 0 spiro atoms. The summed E-state index contributed by atoms with van der Waals surface area (Å²) in [6, 6.07) is 0. The van der Waals surface area contributed by atoms with Crippen molar-refractivity contribution in [3.05, 3.63) is 31.9 Å². The molecule has 2 rings (SSSR count). The summed E-state index contributed by atoms with van der Waals surface area (Å²) in [5, 5.41) is 26.5. The van der Waals surface area contributed by atoms with Crippen molar-refractivity contribution in [2.75, 3.05) is 11.5 Å². The third-order valence-corrected chi connectivity index (χ3v) is 2.22. The monoisotopic (exact) mass is 284 g/mol. The molecule has 0 saturated carbocycles. The van der Waals surface area contributed by atoms with Crippen molar-refractivity contribution in [1.29, 1.82) is 0 Å². The van der Waals surface area contributed by atoms with Gasteiger partial charge in [0, 0.05) is 22.4 Å². The van der Waals surface area contributed by atoms with Crippen LogP contribution in [-0.2, 0) is 12.8 Å². The second-order valence-electron chi connectivity index (χ2n) is 3.53. The maximum Gasteiger partial charge on any atom is 0.363 e. The number of rotatable bonds is 5. The Hall–Kier alpha value is -3.32. The summed E-state index contributed by atoms with van der Waals surface area (Å²) >= 11 is 0. The summed E-state index contributed by atoms with van der Waals surface area (Å²) < 4.78 is 0. The fourth-order valence-electron chi connectivity index (χ4n) is 1.51. The van der Waals surface area contributed by atoms with Crippen molar-refractivity contribution in [3.63, 3.8) is 0 Å². The van der Waals surface area contributed by atoms with Gasteiger partial charge in [-0.3, -0.25) is 0 Å². The van der Waals surface area contributed by atoms with Gasteiger partial charge >= 0.3 is 11.9 Å². The minimum atomic E-state index is -0.814. The van der Waals surface area contributed by atoms with Crippen LogP contribution in [0.4, 0.5) is 11.9 Å². The van der Waals surface area contributed by atoms with Gasteiger partial charge in [-0.25, -0.2) is 0 Å². The van der Waals surface area contributed by atoms with Crippen molar-refractivity contribution in [2.24, 2.45) is 0 Å². The fraction of sp³-hybridized carbons (Fsp3) is 0.333. The smallest absolute Gasteiger partial charge is 0.344 e. The Balaban J connectivity index is 2.21. The number of nitrogens with zero attached hydrogens (tertiary/aromatic N) is 8. The Labute approximate surface area is 109 Å². The molecule has 0 saturated heterocycles. The van der Waals surface area contributed by atoms with Gasteiger partial charge in [-0.05, 0) is 0 Å². The quantitative estimate of drug-likeness (QED) is 0.452. The van der Waals surface area contributed by atoms with E-state index < -0.39 is 10.1 Å². The Morgan fingerprint density at radius 3 is 1.55 bits per heavy atom. The highest BCUT2D eigenvalue weighted by molar-refractivity contribution is 5.15. The molecule has 4 N–H and O–H groups in total. The number of hydrogen-bond acceptors (Lipinski definition) is 10. The topological polar surface area (TPSA) is 200 Å². The van der Waals surface area contributed by atoms with Gasteiger partial charge in [0.25, 0.3) is 0 Å². The van der Waals surface area contributed by atoms with Crippen molar-refractivity contribution in [2.45, 2.75) is 12.8 Å². The average molecular weight is 284 g/mol. The van der Waals surface area contributed by atoms with Crippen LogP contribution in [0.5, 0.6) is 0 Å². The van der Waals surface area contributed by atoms with Crippen LogP contribution in [0.2, 0.25) is 0 Å². The molecule has 0 fully saturated rings. The predicted molar refractivity (Wildman–Crippen MR) is 61.1 cm³/mol. The molecule has 0 atom stereocenters. The van der Waals surface area contributed by atoms with E-state index in [9.17, 15) is 20.2 Å². The first kappa shape index (κ1) is 13.1. The van der Waals surface area contributed by atoms with E-state index >= 15 is 0 Å². The number of nitro groups is 2. The summed E-state index contributed by atoms with van der Waals surface area (Å²) in [6.45, 7) is 0. The summed E-state index contributed by atoms with van der Waals surface area (Å²) in [7, 11) is 0. The van der Waals surface area contributed by atoms with Crippen LogP contribution in [-0.4, -0.2) is 39.8 Å². The van der Waals surface area contributed by atoms with Crippen LogP contribution >= 0.6 is 0 Å². The number of aryl methyl sites for hydroxylation is 2. The van der Waals surface area contributed by atoms with Gasteiger partial charge in [0.15, 0.2) is 0 Å². The highest BCUT2D eigenvalue weighted by atomic mass is 16.7. The number of nitrogen functional groups attached to an aromatic ring is 2. The maximum absolute atomic E-state index is 10.7. The number of anilines is 2. The lowest BCUT2D eigenvalue weighted by molar-refractivity contribution is -0.555. The summed E-state index contributed by atoms with van der Waals surface area (Å²) in [4.78, 5) is 29.5. The maximum atomic E-state index is 10.7. The molecule has 0 aliphatic rings. The highest BCUT2D eigenvalue weighted by Gasteiger charge is 2.22. The largest absolute Gasteiger partial charge is 0.363 e. The Morgan fingerprint density at radius 1 is 0.900 bits per heavy atom. The van der Waals surface area contributed by atoms with Gasteiger partial charge in [0.2, 0.25) is 11.6 Å². The van der Waals surface area contributed by atoms with Gasteiger partial charge in [0.05, 0.1) is 20.3 Å². The van der Waals surface area contributed by atoms with Gasteiger partial charge in [-0.1, -0.05) is 0 Å². The zero-order valence-electron chi connectivity index (χ0n) is 9.78. The molecular weight excluding hydrogens is 276 g/mol. The van der Waals surface area contributed by atoms with E-state index in [0.717, 1.165) is 0 Å². The van der Waals surface area contributed by atoms with Crippen LogP contribution in [0.1, 0.15) is 11.6 Å². The Kier molecular flexibility index (Phi) is 3.11. The number of hydrogen-bond donors (Lipinski definition) is 2. The Bertz CT molecular complexity index is 615. The van der Waals surface area contributed by atoms with Crippen molar-refractivity contribution < 1.29 is 10.1 Å². The van der Waals surface area contributed by atoms with E-state index in [1.165, 1.54) is 0 Å². The van der Waals surface area contributed by atoms with Crippen LogP contribution in [0.3, 0.4) is 0 Å². The highest BCUT2D eigenvalue weighted by Crippen LogP contribution is 2.07. The van der Waals surface area contributed by atoms with Crippen LogP contribution in [0.25, 0.3) is 0 Å². The lowest BCUT2D eigenvalue weighted by atomic mass is 10.3. The second-order valence-corrected chi connectivity index (χ2v) is 3.53. The lowest BCUT2D eigenvalue weighted by Crippen LogP contribution is -2.18. The molecule has 14 heteroatoms. The van der Waals surface area contributed by atoms with Crippen LogP contribution in [0.15, 0.2) is 0 Å². The third kappa shape index (κ3) is 2.42. The van der Waals surface area contributed by atoms with E-state index in [4.69, 9.17) is 11.5 Å². The van der Waals surface area contributed by atoms with Crippen LogP contribution in [0, 0.1) is 20.2 Å². The minimum Gasteiger partial charge on any atom is -0.344 e. The average Bonchev–Trinajstić information content (AvgIpc) is 2.89. The Morgan fingerprint density at radius 2 is 1.25 bits per heavy atom. The molecule has 0 aliphatic carbocycles. The molecule has 14 nitrogen and oxygen atoms in total. The van der Waals surface area contributed by atoms with Gasteiger partial charge in [-0.15, -0.1) is 0 Å². The van der Waals surface area contributed by atoms with E-state index in [-0.39, 0.29) is 36.4 Å². The van der Waals surface area contributed by atoms with Crippen molar-refractivity contribution in [3.8, 4) is 0 Å². The molecule has 2 heterocycles. The number of aromatic nitrogens is 6. The van der Waals surface area contributed by atoms with E-state index in [1.54, 1.807) is 0 Å². The summed E-state index contributed by atoms with van der Waals surface area (Å²) in [5.74, 6) is -0.674. The molecular formula is C6H8N10O4. The normalized spacial score (nSPS) is 10.6. The van der Waals surface area contributed by atoms with E-state index in [2.05, 4.69) is 20.2 Å². The molecule has 0 bridgehead atoms. The molecule has 0 amide bonds. The van der Waals surface area contributed by atoms with Crippen molar-refractivity contribution >= 4 is 11.9 Å². The van der Waals surface area contributed by atoms with Gasteiger partial charge in [-0.2, -0.15) is 9.97 Å². The van der Waals surface area contributed by atoms with Gasteiger partial charge in [0.1, 0.15) is 0 Å².